The van der Waals surface area contributed by atoms with Crippen LogP contribution < -0.4 is 14.8 Å². The van der Waals surface area contributed by atoms with Crippen molar-refractivity contribution in [2.24, 2.45) is 0 Å². The highest BCUT2D eigenvalue weighted by atomic mass is 16.6. The molecule has 2 N–H and O–H groups in total. The summed E-state index contributed by atoms with van der Waals surface area (Å²) in [6, 6.07) is 12.5. The summed E-state index contributed by atoms with van der Waals surface area (Å²) < 4.78 is 15.6. The molecule has 8 heteroatoms. The molecule has 3 rings (SSSR count). The maximum atomic E-state index is 12.4. The number of methoxy groups -OCH3 is 2. The number of hydrogen-bond donors (Lipinski definition) is 2. The molecular formula is C21H23N3O5. The van der Waals surface area contributed by atoms with Gasteiger partial charge in [-0.05, 0) is 42.3 Å². The van der Waals surface area contributed by atoms with Gasteiger partial charge in [0.1, 0.15) is 11.5 Å². The normalized spacial score (nSPS) is 11.7. The Morgan fingerprint density at radius 3 is 2.48 bits per heavy atom. The van der Waals surface area contributed by atoms with E-state index in [9.17, 15) is 9.59 Å². The number of carbonyl (C=O) groups excluding carboxylic acids is 2. The first kappa shape index (κ1) is 20.2. The number of amides is 1. The van der Waals surface area contributed by atoms with Gasteiger partial charge in [-0.1, -0.05) is 19.1 Å². The van der Waals surface area contributed by atoms with Crippen molar-refractivity contribution in [2.75, 3.05) is 19.5 Å². The SMILES string of the molecule is CCC(Oc1ccc2[nH]nc(NC(=O)Cc3ccc(OC)cc3)c2c1)C(=O)OC. The number of nitrogens with zero attached hydrogens (tertiary/aromatic N) is 1. The Morgan fingerprint density at radius 2 is 1.83 bits per heavy atom. The summed E-state index contributed by atoms with van der Waals surface area (Å²) in [6.45, 7) is 1.84. The molecule has 152 valence electrons. The highest BCUT2D eigenvalue weighted by molar-refractivity contribution is 6.00. The van der Waals surface area contributed by atoms with Crippen LogP contribution in [-0.2, 0) is 20.7 Å². The number of carbonyl (C=O) groups is 2. The van der Waals surface area contributed by atoms with Gasteiger partial charge in [0.15, 0.2) is 11.9 Å². The van der Waals surface area contributed by atoms with Gasteiger partial charge < -0.3 is 19.5 Å². The summed E-state index contributed by atoms with van der Waals surface area (Å²) in [4.78, 5) is 24.2. The lowest BCUT2D eigenvalue weighted by Crippen LogP contribution is -2.27. The molecule has 1 unspecified atom stereocenters. The van der Waals surface area contributed by atoms with Crippen LogP contribution >= 0.6 is 0 Å². The van der Waals surface area contributed by atoms with Crippen LogP contribution in [0.1, 0.15) is 18.9 Å². The number of nitrogens with one attached hydrogen (secondary N) is 2. The number of rotatable bonds is 8. The number of fused-ring (bicyclic) bond motifs is 1. The van der Waals surface area contributed by atoms with E-state index in [2.05, 4.69) is 15.5 Å². The second kappa shape index (κ2) is 9.09. The largest absolute Gasteiger partial charge is 0.497 e. The van der Waals surface area contributed by atoms with Crippen molar-refractivity contribution in [3.05, 3.63) is 48.0 Å². The second-order valence-electron chi connectivity index (χ2n) is 6.39. The van der Waals surface area contributed by atoms with Crippen LogP contribution in [0.3, 0.4) is 0 Å². The van der Waals surface area contributed by atoms with Crippen LogP contribution in [0.4, 0.5) is 5.82 Å². The highest BCUT2D eigenvalue weighted by Crippen LogP contribution is 2.26. The molecule has 1 aromatic heterocycles. The summed E-state index contributed by atoms with van der Waals surface area (Å²) in [5.74, 6) is 0.984. The first-order valence-corrected chi connectivity index (χ1v) is 9.19. The van der Waals surface area contributed by atoms with E-state index in [0.717, 1.165) is 16.8 Å². The zero-order chi connectivity index (χ0) is 20.8. The van der Waals surface area contributed by atoms with Gasteiger partial charge in [-0.3, -0.25) is 9.89 Å². The van der Waals surface area contributed by atoms with Crippen molar-refractivity contribution in [1.82, 2.24) is 10.2 Å². The summed E-state index contributed by atoms with van der Waals surface area (Å²) >= 11 is 0. The molecule has 0 aliphatic heterocycles. The molecule has 0 saturated heterocycles. The van der Waals surface area contributed by atoms with E-state index in [1.54, 1.807) is 25.3 Å². The fraction of sp³-hybridized carbons (Fsp3) is 0.286. The molecule has 2 aromatic carbocycles. The van der Waals surface area contributed by atoms with E-state index in [-0.39, 0.29) is 12.3 Å². The van der Waals surface area contributed by atoms with Crippen LogP contribution in [0.5, 0.6) is 11.5 Å². The molecule has 0 fully saturated rings. The van der Waals surface area contributed by atoms with E-state index >= 15 is 0 Å². The van der Waals surface area contributed by atoms with Gasteiger partial charge in [0.05, 0.1) is 26.2 Å². The molecule has 0 aliphatic rings. The Hall–Kier alpha value is -3.55. The minimum atomic E-state index is -0.697. The Kier molecular flexibility index (Phi) is 6.33. The van der Waals surface area contributed by atoms with Crippen molar-refractivity contribution in [2.45, 2.75) is 25.9 Å². The van der Waals surface area contributed by atoms with Crippen LogP contribution in [0, 0.1) is 0 Å². The van der Waals surface area contributed by atoms with Crippen LogP contribution in [-0.4, -0.2) is 42.4 Å². The van der Waals surface area contributed by atoms with Crippen LogP contribution in [0.25, 0.3) is 10.9 Å². The first-order chi connectivity index (χ1) is 14.0. The van der Waals surface area contributed by atoms with Crippen molar-refractivity contribution >= 4 is 28.6 Å². The number of benzene rings is 2. The third-order valence-electron chi connectivity index (χ3n) is 4.43. The molecular weight excluding hydrogens is 374 g/mol. The zero-order valence-corrected chi connectivity index (χ0v) is 16.5. The smallest absolute Gasteiger partial charge is 0.347 e. The van der Waals surface area contributed by atoms with Gasteiger partial charge in [0.25, 0.3) is 0 Å². The van der Waals surface area contributed by atoms with Gasteiger partial charge in [-0.25, -0.2) is 4.79 Å². The highest BCUT2D eigenvalue weighted by Gasteiger charge is 2.19. The van der Waals surface area contributed by atoms with Gasteiger partial charge in [0, 0.05) is 5.39 Å². The third-order valence-corrected chi connectivity index (χ3v) is 4.43. The molecule has 1 atom stereocenters. The van der Waals surface area contributed by atoms with Crippen molar-refractivity contribution in [3.63, 3.8) is 0 Å². The molecule has 8 nitrogen and oxygen atoms in total. The van der Waals surface area contributed by atoms with E-state index in [1.807, 2.05) is 31.2 Å². The average Bonchev–Trinajstić information content (AvgIpc) is 3.13. The topological polar surface area (TPSA) is 103 Å². The van der Waals surface area contributed by atoms with E-state index < -0.39 is 12.1 Å². The van der Waals surface area contributed by atoms with Crippen molar-refractivity contribution in [1.29, 1.82) is 0 Å². The predicted molar refractivity (Wildman–Crippen MR) is 108 cm³/mol. The summed E-state index contributed by atoms with van der Waals surface area (Å²) in [5.41, 5.74) is 1.60. The number of hydrogen-bond acceptors (Lipinski definition) is 6. The monoisotopic (exact) mass is 397 g/mol. The van der Waals surface area contributed by atoms with Gasteiger partial charge in [0.2, 0.25) is 5.91 Å². The van der Waals surface area contributed by atoms with Crippen LogP contribution in [0.2, 0.25) is 0 Å². The van der Waals surface area contributed by atoms with Crippen LogP contribution in [0.15, 0.2) is 42.5 Å². The molecule has 0 radical (unpaired) electrons. The summed E-state index contributed by atoms with van der Waals surface area (Å²) in [5, 5.41) is 10.5. The van der Waals surface area contributed by atoms with Gasteiger partial charge >= 0.3 is 5.97 Å². The molecule has 0 saturated carbocycles. The third kappa shape index (κ3) is 4.84. The van der Waals surface area contributed by atoms with Gasteiger partial charge in [-0.2, -0.15) is 5.10 Å². The quantitative estimate of drug-likeness (QED) is 0.566. The molecule has 0 spiro atoms. The maximum absolute atomic E-state index is 12.4. The second-order valence-corrected chi connectivity index (χ2v) is 6.39. The lowest BCUT2D eigenvalue weighted by Gasteiger charge is -2.15. The molecule has 1 amide bonds. The minimum absolute atomic E-state index is 0.198. The standard InChI is InChI=1S/C21H23N3O5/c1-4-18(21(26)28-3)29-15-9-10-17-16(12-15)20(24-23-17)22-19(25)11-13-5-7-14(27-2)8-6-13/h5-10,12,18H,4,11H2,1-3H3,(H2,22,23,24,25). The fourth-order valence-corrected chi connectivity index (χ4v) is 2.86. The number of esters is 1. The molecule has 29 heavy (non-hydrogen) atoms. The van der Waals surface area contributed by atoms with E-state index in [0.29, 0.717) is 23.4 Å². The first-order valence-electron chi connectivity index (χ1n) is 9.19. The number of aromatic nitrogens is 2. The summed E-state index contributed by atoms with van der Waals surface area (Å²) in [6.07, 6.45) is -0.0199. The molecule has 0 aliphatic carbocycles. The fourth-order valence-electron chi connectivity index (χ4n) is 2.86. The Balaban J connectivity index is 1.73. The number of H-pyrrole nitrogens is 1. The molecule has 1 heterocycles. The Bertz CT molecular complexity index is 997. The lowest BCUT2D eigenvalue weighted by molar-refractivity contribution is -0.148. The molecule has 3 aromatic rings. The maximum Gasteiger partial charge on any atom is 0.347 e. The van der Waals surface area contributed by atoms with Gasteiger partial charge in [-0.15, -0.1) is 0 Å². The van der Waals surface area contributed by atoms with E-state index in [4.69, 9.17) is 14.2 Å². The minimum Gasteiger partial charge on any atom is -0.497 e. The number of anilines is 1. The van der Waals surface area contributed by atoms with Crippen molar-refractivity contribution in [3.8, 4) is 11.5 Å². The number of aromatic amines is 1. The lowest BCUT2D eigenvalue weighted by atomic mass is 10.1. The summed E-state index contributed by atoms with van der Waals surface area (Å²) in [7, 11) is 2.92. The number of ether oxygens (including phenoxy) is 3. The predicted octanol–water partition coefficient (Wildman–Crippen LogP) is 3.08. The Morgan fingerprint density at radius 1 is 1.10 bits per heavy atom. The van der Waals surface area contributed by atoms with Crippen molar-refractivity contribution < 1.29 is 23.8 Å². The molecule has 0 bridgehead atoms. The average molecular weight is 397 g/mol. The zero-order valence-electron chi connectivity index (χ0n) is 16.5. The Labute approximate surface area is 168 Å². The van der Waals surface area contributed by atoms with E-state index in [1.165, 1.54) is 7.11 Å².